The van der Waals surface area contributed by atoms with Gasteiger partial charge in [0.15, 0.2) is 0 Å². The summed E-state index contributed by atoms with van der Waals surface area (Å²) in [5.41, 5.74) is 7.48. The number of nitrogen functional groups attached to an aromatic ring is 1. The van der Waals surface area contributed by atoms with E-state index in [0.717, 1.165) is 12.1 Å². The molecule has 1 amide bonds. The van der Waals surface area contributed by atoms with Crippen LogP contribution in [0.4, 0.5) is 11.4 Å². The number of hydrogen-bond acceptors (Lipinski definition) is 4. The number of nitrogens with one attached hydrogen (secondary N) is 2. The minimum Gasteiger partial charge on any atom is -0.489 e. The van der Waals surface area contributed by atoms with Gasteiger partial charge in [-0.05, 0) is 32.4 Å². The molecule has 1 aliphatic rings. The van der Waals surface area contributed by atoms with Crippen molar-refractivity contribution in [3.63, 3.8) is 0 Å². The van der Waals surface area contributed by atoms with Crippen molar-refractivity contribution >= 4 is 17.3 Å². The zero-order chi connectivity index (χ0) is 13.8. The van der Waals surface area contributed by atoms with Crippen LogP contribution in [0.25, 0.3) is 0 Å². The second kappa shape index (κ2) is 5.82. The van der Waals surface area contributed by atoms with E-state index in [1.807, 2.05) is 32.0 Å². The molecule has 5 heteroatoms. The molecule has 19 heavy (non-hydrogen) atoms. The third-order valence-corrected chi connectivity index (χ3v) is 3.01. The first kappa shape index (κ1) is 13.5. The Hall–Kier alpha value is -1.91. The number of rotatable bonds is 4. The summed E-state index contributed by atoms with van der Waals surface area (Å²) in [6, 6.07) is 5.93. The van der Waals surface area contributed by atoms with Gasteiger partial charge >= 0.3 is 0 Å². The van der Waals surface area contributed by atoms with Crippen LogP contribution in [0, 0.1) is 0 Å². The highest BCUT2D eigenvalue weighted by Crippen LogP contribution is 2.27. The van der Waals surface area contributed by atoms with E-state index in [9.17, 15) is 4.79 Å². The third-order valence-electron chi connectivity index (χ3n) is 3.01. The maximum Gasteiger partial charge on any atom is 0.220 e. The highest BCUT2D eigenvalue weighted by Gasteiger charge is 2.17. The van der Waals surface area contributed by atoms with Crippen LogP contribution >= 0.6 is 0 Å². The van der Waals surface area contributed by atoms with Crippen LogP contribution in [0.1, 0.15) is 26.7 Å². The molecule has 4 N–H and O–H groups in total. The molecule has 2 rings (SSSR count). The molecule has 0 aromatic heterocycles. The molecule has 0 saturated carbocycles. The number of piperidine rings is 1. The third kappa shape index (κ3) is 3.77. The summed E-state index contributed by atoms with van der Waals surface area (Å²) in [5, 5.41) is 6.25. The van der Waals surface area contributed by atoms with E-state index in [1.165, 1.54) is 0 Å². The quantitative estimate of drug-likeness (QED) is 0.723. The largest absolute Gasteiger partial charge is 0.489 e. The van der Waals surface area contributed by atoms with E-state index < -0.39 is 0 Å². The lowest BCUT2D eigenvalue weighted by Gasteiger charge is -2.25. The number of benzene rings is 1. The summed E-state index contributed by atoms with van der Waals surface area (Å²) in [6.07, 6.45) is 1.50. The average Bonchev–Trinajstić information content (AvgIpc) is 2.36. The monoisotopic (exact) mass is 263 g/mol. The second-order valence-corrected chi connectivity index (χ2v) is 5.10. The van der Waals surface area contributed by atoms with Crippen molar-refractivity contribution in [2.24, 2.45) is 0 Å². The molecule has 0 spiro atoms. The van der Waals surface area contributed by atoms with Crippen LogP contribution in [0.5, 0.6) is 5.75 Å². The molecule has 1 unspecified atom stereocenters. The van der Waals surface area contributed by atoms with Gasteiger partial charge in [-0.15, -0.1) is 0 Å². The highest BCUT2D eigenvalue weighted by atomic mass is 16.5. The smallest absolute Gasteiger partial charge is 0.220 e. The number of hydrogen-bond donors (Lipinski definition) is 3. The van der Waals surface area contributed by atoms with Crippen molar-refractivity contribution in [2.75, 3.05) is 17.6 Å². The topological polar surface area (TPSA) is 76.4 Å². The van der Waals surface area contributed by atoms with Gasteiger partial charge in [0.2, 0.25) is 5.91 Å². The van der Waals surface area contributed by atoms with Crippen LogP contribution in [0.2, 0.25) is 0 Å². The predicted molar refractivity (Wildman–Crippen MR) is 76.3 cm³/mol. The maximum absolute atomic E-state index is 11.1. The van der Waals surface area contributed by atoms with E-state index in [2.05, 4.69) is 10.6 Å². The SMILES string of the molecule is CC(C)Oc1cc(NC2CCC(=O)NC2)ccc1N. The van der Waals surface area contributed by atoms with E-state index in [0.29, 0.717) is 24.4 Å². The molecule has 1 aromatic rings. The number of amides is 1. The van der Waals surface area contributed by atoms with Crippen LogP contribution in [-0.4, -0.2) is 24.6 Å². The lowest BCUT2D eigenvalue weighted by atomic mass is 10.1. The van der Waals surface area contributed by atoms with E-state index in [-0.39, 0.29) is 18.1 Å². The van der Waals surface area contributed by atoms with E-state index in [4.69, 9.17) is 10.5 Å². The van der Waals surface area contributed by atoms with Gasteiger partial charge in [-0.25, -0.2) is 0 Å². The Labute approximate surface area is 113 Å². The number of anilines is 2. The Bertz CT molecular complexity index is 450. The second-order valence-electron chi connectivity index (χ2n) is 5.10. The van der Waals surface area contributed by atoms with Crippen LogP contribution in [0.15, 0.2) is 18.2 Å². The first-order chi connectivity index (χ1) is 9.04. The minimum absolute atomic E-state index is 0.0894. The normalized spacial score (nSPS) is 19.1. The fourth-order valence-electron chi connectivity index (χ4n) is 2.07. The Balaban J connectivity index is 2.02. The number of nitrogens with two attached hydrogens (primary N) is 1. The number of carbonyl (C=O) groups is 1. The summed E-state index contributed by atoms with van der Waals surface area (Å²) < 4.78 is 5.66. The molecule has 0 radical (unpaired) electrons. The Morgan fingerprint density at radius 3 is 2.89 bits per heavy atom. The van der Waals surface area contributed by atoms with Crippen molar-refractivity contribution in [1.29, 1.82) is 0 Å². The molecule has 1 atom stereocenters. The van der Waals surface area contributed by atoms with Crippen LogP contribution < -0.4 is 21.1 Å². The van der Waals surface area contributed by atoms with Crippen molar-refractivity contribution in [3.05, 3.63) is 18.2 Å². The Morgan fingerprint density at radius 2 is 2.26 bits per heavy atom. The van der Waals surface area contributed by atoms with Gasteiger partial charge in [0.25, 0.3) is 0 Å². The van der Waals surface area contributed by atoms with E-state index in [1.54, 1.807) is 0 Å². The summed E-state index contributed by atoms with van der Waals surface area (Å²) >= 11 is 0. The zero-order valence-corrected chi connectivity index (χ0v) is 11.4. The lowest BCUT2D eigenvalue weighted by molar-refractivity contribution is -0.122. The maximum atomic E-state index is 11.1. The summed E-state index contributed by atoms with van der Waals surface area (Å²) in [7, 11) is 0. The first-order valence-corrected chi connectivity index (χ1v) is 6.64. The van der Waals surface area contributed by atoms with E-state index >= 15 is 0 Å². The first-order valence-electron chi connectivity index (χ1n) is 6.64. The molecule has 1 aliphatic heterocycles. The van der Waals surface area contributed by atoms with Gasteiger partial charge in [-0.2, -0.15) is 0 Å². The summed E-state index contributed by atoms with van der Waals surface area (Å²) in [5.74, 6) is 0.819. The lowest BCUT2D eigenvalue weighted by Crippen LogP contribution is -2.41. The van der Waals surface area contributed by atoms with Gasteiger partial charge in [-0.3, -0.25) is 4.79 Å². The summed E-state index contributed by atoms with van der Waals surface area (Å²) in [4.78, 5) is 11.1. The van der Waals surface area contributed by atoms with Crippen molar-refractivity contribution in [1.82, 2.24) is 5.32 Å². The molecule has 1 heterocycles. The predicted octanol–water partition coefficient (Wildman–Crippen LogP) is 1.75. The van der Waals surface area contributed by atoms with Crippen molar-refractivity contribution in [3.8, 4) is 5.75 Å². The highest BCUT2D eigenvalue weighted by molar-refractivity contribution is 5.77. The molecule has 0 bridgehead atoms. The molecular formula is C14H21N3O2. The number of carbonyl (C=O) groups excluding carboxylic acids is 1. The van der Waals surface area contributed by atoms with Crippen LogP contribution in [0.3, 0.4) is 0 Å². The Kier molecular flexibility index (Phi) is 4.14. The Morgan fingerprint density at radius 1 is 1.47 bits per heavy atom. The fourth-order valence-corrected chi connectivity index (χ4v) is 2.07. The summed E-state index contributed by atoms with van der Waals surface area (Å²) in [6.45, 7) is 4.59. The van der Waals surface area contributed by atoms with Gasteiger partial charge in [-0.1, -0.05) is 0 Å². The van der Waals surface area contributed by atoms with Gasteiger partial charge in [0.05, 0.1) is 11.8 Å². The fraction of sp³-hybridized carbons (Fsp3) is 0.500. The van der Waals surface area contributed by atoms with Gasteiger partial charge < -0.3 is 21.1 Å². The molecule has 1 saturated heterocycles. The van der Waals surface area contributed by atoms with Crippen LogP contribution in [-0.2, 0) is 4.79 Å². The molecular weight excluding hydrogens is 242 g/mol. The van der Waals surface area contributed by atoms with Crippen molar-refractivity contribution in [2.45, 2.75) is 38.8 Å². The molecule has 1 aromatic carbocycles. The van der Waals surface area contributed by atoms with Crippen molar-refractivity contribution < 1.29 is 9.53 Å². The molecule has 104 valence electrons. The molecule has 0 aliphatic carbocycles. The number of ether oxygens (including phenoxy) is 1. The van der Waals surface area contributed by atoms with Gasteiger partial charge in [0.1, 0.15) is 5.75 Å². The molecule has 1 fully saturated rings. The van der Waals surface area contributed by atoms with Gasteiger partial charge in [0, 0.05) is 30.8 Å². The standard InChI is InChI=1S/C14H21N3O2/c1-9(2)19-13-7-10(3-5-12(13)15)17-11-4-6-14(18)16-8-11/h3,5,7,9,11,17H,4,6,8,15H2,1-2H3,(H,16,18). The minimum atomic E-state index is 0.0894. The average molecular weight is 263 g/mol. The zero-order valence-electron chi connectivity index (χ0n) is 11.4. The molecule has 5 nitrogen and oxygen atoms in total.